The van der Waals surface area contributed by atoms with E-state index in [0.717, 1.165) is 23.5 Å². The van der Waals surface area contributed by atoms with Gasteiger partial charge in [0, 0.05) is 61.1 Å². The van der Waals surface area contributed by atoms with E-state index in [2.05, 4.69) is 10.3 Å². The van der Waals surface area contributed by atoms with E-state index in [4.69, 9.17) is 0 Å². The Labute approximate surface area is 208 Å². The molecule has 13 heteroatoms. The van der Waals surface area contributed by atoms with Crippen LogP contribution < -0.4 is 10.0 Å². The van der Waals surface area contributed by atoms with Crippen LogP contribution in [0.15, 0.2) is 46.1 Å². The lowest BCUT2D eigenvalue weighted by Crippen LogP contribution is -2.65. The molecule has 2 N–H and O–H groups in total. The Bertz CT molecular complexity index is 1360. The van der Waals surface area contributed by atoms with Crippen LogP contribution in [0.3, 0.4) is 0 Å². The van der Waals surface area contributed by atoms with Gasteiger partial charge < -0.3 is 5.32 Å². The quantitative estimate of drug-likeness (QED) is 0.381. The molecule has 0 bridgehead atoms. The molecule has 1 aliphatic heterocycles. The standard InChI is InChI=1S/C23H21F5N4O2S2/c24-17-3-1-2-14(7-32-11-22(12-32)9-23(27,28)10-22)16(17)6-29-15-4-18(25)21(19(26)5-15)36(33,34)31-20-8-35-13-30-20/h1-5,8,13,29,31H,6-7,9-12H2. The minimum Gasteiger partial charge on any atom is -0.381 e. The van der Waals surface area contributed by atoms with Crippen LogP contribution in [0.25, 0.3) is 0 Å². The number of hydrogen-bond acceptors (Lipinski definition) is 6. The molecule has 2 fully saturated rings. The van der Waals surface area contributed by atoms with Gasteiger partial charge in [-0.2, -0.15) is 0 Å². The average molecular weight is 545 g/mol. The molecule has 1 saturated heterocycles. The second-order valence-electron chi connectivity index (χ2n) is 9.33. The zero-order valence-corrected chi connectivity index (χ0v) is 20.3. The van der Waals surface area contributed by atoms with Crippen molar-refractivity contribution >= 4 is 32.9 Å². The fourth-order valence-corrected chi connectivity index (χ4v) is 6.71. The average Bonchev–Trinajstić information content (AvgIpc) is 3.22. The fraction of sp³-hybridized carbons (Fsp3) is 0.348. The summed E-state index contributed by atoms with van der Waals surface area (Å²) in [4.78, 5) is 4.54. The molecule has 1 saturated carbocycles. The lowest BCUT2D eigenvalue weighted by Gasteiger charge is -2.58. The molecule has 1 aromatic heterocycles. The number of nitrogens with zero attached hydrogens (tertiary/aromatic N) is 2. The number of thiazole rings is 1. The van der Waals surface area contributed by atoms with Crippen LogP contribution in [0.4, 0.5) is 33.5 Å². The van der Waals surface area contributed by atoms with Gasteiger partial charge in [-0.1, -0.05) is 12.1 Å². The second-order valence-corrected chi connectivity index (χ2v) is 11.7. The van der Waals surface area contributed by atoms with Gasteiger partial charge in [-0.25, -0.2) is 35.4 Å². The molecule has 1 aliphatic carbocycles. The first-order valence-electron chi connectivity index (χ1n) is 11.0. The lowest BCUT2D eigenvalue weighted by molar-refractivity contribution is -0.214. The Kier molecular flexibility index (Phi) is 6.20. The molecular weight excluding hydrogens is 523 g/mol. The number of sulfonamides is 1. The molecule has 6 nitrogen and oxygen atoms in total. The molecule has 0 unspecified atom stereocenters. The van der Waals surface area contributed by atoms with Crippen molar-refractivity contribution in [2.75, 3.05) is 23.1 Å². The summed E-state index contributed by atoms with van der Waals surface area (Å²) >= 11 is 1.11. The highest BCUT2D eigenvalue weighted by Gasteiger charge is 2.61. The summed E-state index contributed by atoms with van der Waals surface area (Å²) in [7, 11) is -4.56. The van der Waals surface area contributed by atoms with Crippen LogP contribution in [0, 0.1) is 22.9 Å². The molecule has 2 heterocycles. The van der Waals surface area contributed by atoms with Gasteiger partial charge in [0.2, 0.25) is 5.92 Å². The second kappa shape index (κ2) is 8.96. The molecule has 0 radical (unpaired) electrons. The molecule has 2 aromatic carbocycles. The lowest BCUT2D eigenvalue weighted by atomic mass is 9.61. The molecule has 2 aliphatic rings. The van der Waals surface area contributed by atoms with Crippen LogP contribution in [0.5, 0.6) is 0 Å². The van der Waals surface area contributed by atoms with Gasteiger partial charge in [0.1, 0.15) is 17.5 Å². The van der Waals surface area contributed by atoms with E-state index >= 15 is 0 Å². The first kappa shape index (κ1) is 24.9. The molecule has 3 aromatic rings. The van der Waals surface area contributed by atoms with Crippen molar-refractivity contribution in [3.63, 3.8) is 0 Å². The SMILES string of the molecule is O=S(=O)(Nc1cscn1)c1c(F)cc(NCc2c(F)cccc2CN2CC3(C2)CC(F)(F)C3)cc1F. The van der Waals surface area contributed by atoms with E-state index in [1.165, 1.54) is 23.0 Å². The van der Waals surface area contributed by atoms with Crippen molar-refractivity contribution in [3.05, 3.63) is 69.8 Å². The van der Waals surface area contributed by atoms with Crippen LogP contribution in [0.2, 0.25) is 0 Å². The Balaban J connectivity index is 1.27. The molecule has 1 spiro atoms. The van der Waals surface area contributed by atoms with Gasteiger partial charge in [-0.3, -0.25) is 9.62 Å². The van der Waals surface area contributed by atoms with Crippen molar-refractivity contribution in [1.29, 1.82) is 0 Å². The molecule has 0 atom stereocenters. The van der Waals surface area contributed by atoms with Crippen LogP contribution in [0.1, 0.15) is 24.0 Å². The van der Waals surface area contributed by atoms with Crippen LogP contribution in [-0.4, -0.2) is 37.3 Å². The monoisotopic (exact) mass is 544 g/mol. The predicted octanol–water partition coefficient (Wildman–Crippen LogP) is 5.20. The van der Waals surface area contributed by atoms with Crippen molar-refractivity contribution in [2.45, 2.75) is 36.7 Å². The van der Waals surface area contributed by atoms with Gasteiger partial charge in [0.05, 0.1) is 5.51 Å². The van der Waals surface area contributed by atoms with Crippen LogP contribution >= 0.6 is 11.3 Å². The van der Waals surface area contributed by atoms with Crippen LogP contribution in [-0.2, 0) is 23.1 Å². The predicted molar refractivity (Wildman–Crippen MR) is 125 cm³/mol. The summed E-state index contributed by atoms with van der Waals surface area (Å²) in [5.41, 5.74) is 1.81. The van der Waals surface area contributed by atoms with Gasteiger partial charge in [0.15, 0.2) is 10.7 Å². The highest BCUT2D eigenvalue weighted by Crippen LogP contribution is 2.56. The van der Waals surface area contributed by atoms with E-state index in [1.807, 2.05) is 9.62 Å². The third-order valence-electron chi connectivity index (χ3n) is 6.40. The van der Waals surface area contributed by atoms with Gasteiger partial charge in [-0.15, -0.1) is 11.3 Å². The minimum atomic E-state index is -4.56. The largest absolute Gasteiger partial charge is 0.381 e. The normalized spacial score (nSPS) is 18.5. The number of aromatic nitrogens is 1. The maximum Gasteiger partial charge on any atom is 0.268 e. The minimum absolute atomic E-state index is 0.0628. The number of benzene rings is 2. The number of nitrogens with one attached hydrogen (secondary N) is 2. The van der Waals surface area contributed by atoms with Crippen molar-refractivity contribution in [2.24, 2.45) is 5.41 Å². The van der Waals surface area contributed by atoms with E-state index in [1.54, 1.807) is 6.07 Å². The maximum atomic E-state index is 14.7. The Morgan fingerprint density at radius 1 is 1.06 bits per heavy atom. The van der Waals surface area contributed by atoms with E-state index in [-0.39, 0.29) is 41.9 Å². The highest BCUT2D eigenvalue weighted by molar-refractivity contribution is 7.92. The molecular formula is C23H21F5N4O2S2. The third-order valence-corrected chi connectivity index (χ3v) is 8.39. The maximum absolute atomic E-state index is 14.7. The molecule has 0 amide bonds. The molecule has 36 heavy (non-hydrogen) atoms. The number of rotatable bonds is 8. The fourth-order valence-electron chi connectivity index (χ4n) is 5.03. The summed E-state index contributed by atoms with van der Waals surface area (Å²) in [5, 5.41) is 4.11. The van der Waals surface area contributed by atoms with Crippen molar-refractivity contribution in [1.82, 2.24) is 9.88 Å². The highest BCUT2D eigenvalue weighted by atomic mass is 32.2. The van der Waals surface area contributed by atoms with Gasteiger partial charge >= 0.3 is 0 Å². The zero-order chi connectivity index (χ0) is 25.7. The summed E-state index contributed by atoms with van der Waals surface area (Å²) < 4.78 is 97.3. The van der Waals surface area contributed by atoms with E-state index < -0.39 is 38.3 Å². The third kappa shape index (κ3) is 4.91. The smallest absolute Gasteiger partial charge is 0.268 e. The van der Waals surface area contributed by atoms with Crippen molar-refractivity contribution in [3.8, 4) is 0 Å². The Morgan fingerprint density at radius 3 is 2.36 bits per heavy atom. The van der Waals surface area contributed by atoms with Gasteiger partial charge in [-0.05, 0) is 23.8 Å². The number of halogens is 5. The number of hydrogen-bond donors (Lipinski definition) is 2. The number of likely N-dealkylation sites (tertiary alicyclic amines) is 1. The number of alkyl halides is 2. The summed E-state index contributed by atoms with van der Waals surface area (Å²) in [6.07, 6.45) is -0.258. The Morgan fingerprint density at radius 2 is 1.75 bits per heavy atom. The topological polar surface area (TPSA) is 74.3 Å². The van der Waals surface area contributed by atoms with Gasteiger partial charge in [0.25, 0.3) is 10.0 Å². The molecule has 192 valence electrons. The van der Waals surface area contributed by atoms with Crippen molar-refractivity contribution < 1.29 is 30.4 Å². The zero-order valence-electron chi connectivity index (χ0n) is 18.7. The molecule has 5 rings (SSSR count). The first-order chi connectivity index (χ1) is 17.0. The number of anilines is 2. The Hall–Kier alpha value is -2.77. The first-order valence-corrected chi connectivity index (χ1v) is 13.4. The summed E-state index contributed by atoms with van der Waals surface area (Å²) in [6.45, 7) is 1.24. The summed E-state index contributed by atoms with van der Waals surface area (Å²) in [6, 6.07) is 6.13. The van der Waals surface area contributed by atoms with E-state index in [9.17, 15) is 30.4 Å². The summed E-state index contributed by atoms with van der Waals surface area (Å²) in [5.74, 6) is -5.84. The van der Waals surface area contributed by atoms with E-state index in [0.29, 0.717) is 25.2 Å².